The van der Waals surface area contributed by atoms with E-state index in [1.54, 1.807) is 12.1 Å². The molecule has 6 saturated heterocycles. The molecule has 0 radical (unpaired) electrons. The van der Waals surface area contributed by atoms with Crippen molar-refractivity contribution in [2.45, 2.75) is 229 Å². The molecule has 6 aliphatic heterocycles. The van der Waals surface area contributed by atoms with Crippen molar-refractivity contribution in [1.82, 2.24) is 133 Å². The van der Waals surface area contributed by atoms with E-state index in [-0.39, 0.29) is 65.7 Å². The van der Waals surface area contributed by atoms with Crippen LogP contribution in [0.1, 0.15) is 192 Å². The van der Waals surface area contributed by atoms with Gasteiger partial charge in [-0.25, -0.2) is 0 Å². The number of fused-ring (bicyclic) bond motifs is 2. The van der Waals surface area contributed by atoms with E-state index in [4.69, 9.17) is 107 Å². The molecule has 6 atom stereocenters. The molecule has 1 saturated carbocycles. The number of phenols is 1. The molecule has 130 heavy (non-hydrogen) atoms. The molecular formula is C89H187Cl10Mn5N25O. The molecule has 26 N–H and O–H groups in total. The summed E-state index contributed by atoms with van der Waals surface area (Å²) in [4.78, 5) is 0. The minimum atomic E-state index is 0.00694. The summed E-state index contributed by atoms with van der Waals surface area (Å²) in [5.74, 6) is 3.93. The van der Waals surface area contributed by atoms with E-state index in [1.807, 2.05) is 12.1 Å². The van der Waals surface area contributed by atoms with Gasteiger partial charge in [-0.1, -0.05) is 160 Å². The summed E-state index contributed by atoms with van der Waals surface area (Å²) < 4.78 is 0. The third-order valence-corrected chi connectivity index (χ3v) is 22.9. The van der Waals surface area contributed by atoms with Crippen molar-refractivity contribution in [2.75, 3.05) is 288 Å². The molecule has 6 heterocycles. The monoisotopic (exact) mass is 2250 g/mol. The van der Waals surface area contributed by atoms with Gasteiger partial charge in [0, 0.05) is 331 Å². The minimum absolute atomic E-state index is 0.00694. The van der Waals surface area contributed by atoms with Crippen molar-refractivity contribution in [1.29, 1.82) is 0 Å². The number of terminal acetylenes is 1. The summed E-state index contributed by atoms with van der Waals surface area (Å²) in [5.41, 5.74) is 1.25. The Bertz CT molecular complexity index is 2230. The number of nitrogens with one attached hydrogen (secondary N) is 25. The summed E-state index contributed by atoms with van der Waals surface area (Å²) in [5, 5.41) is 97.5. The van der Waals surface area contributed by atoms with Gasteiger partial charge >= 0.3 is 167 Å². The van der Waals surface area contributed by atoms with Gasteiger partial charge < -0.3 is 138 Å². The zero-order chi connectivity index (χ0) is 94.6. The third-order valence-electron chi connectivity index (χ3n) is 22.9. The van der Waals surface area contributed by atoms with Crippen LogP contribution in [-0.4, -0.2) is 329 Å². The number of hydrogen-bond donors (Lipinski definition) is 26. The van der Waals surface area contributed by atoms with Crippen molar-refractivity contribution in [3.63, 3.8) is 0 Å². The normalized spacial score (nSPS) is 22.8. The molecule has 0 amide bonds. The van der Waals surface area contributed by atoms with E-state index in [1.165, 1.54) is 179 Å². The average Bonchev–Trinajstić information content (AvgIpc) is 0.969. The summed E-state index contributed by atoms with van der Waals surface area (Å²) in [7, 11) is 48.0. The van der Waals surface area contributed by atoms with Crippen LogP contribution in [0.5, 0.6) is 5.75 Å². The SMILES string of the molecule is C#CCC1CNCCNCCNCCNCCN1.C1CCC(C2CNCCNCCNCCNCCN2)CC1.C1C[C@@H]2CNCCNCCNCCNC[C@H](C1)N2.CCCCCCCCCCCCCCCCCCCCC1CNCCNCCNCCNCCN1.Oc1ccc(C[C@H]2CNCCNCCNCCNCCN2)cc1.[Cl][Mn][Cl].[Cl][Mn][Cl].[Cl][Mn][Cl].[Cl][Mn][Cl].[Cl][Mn][Cl]. The molecule has 1 aromatic rings. The van der Waals surface area contributed by atoms with Gasteiger partial charge in [-0.05, 0) is 62.1 Å². The molecule has 2 bridgehead atoms. The second-order valence-electron chi connectivity index (χ2n) is 33.5. The first-order chi connectivity index (χ1) is 64.2. The fraction of sp³-hybridized carbons (Fsp3) is 0.910. The van der Waals surface area contributed by atoms with Crippen LogP contribution in [0.15, 0.2) is 24.3 Å². The first-order valence-corrected chi connectivity index (χ1v) is 65.8. The van der Waals surface area contributed by atoms with Crippen molar-refractivity contribution >= 4 is 101 Å². The molecule has 1 aromatic carbocycles. The Morgan fingerprint density at radius 1 is 0.285 bits per heavy atom. The van der Waals surface area contributed by atoms with Gasteiger partial charge in [0.25, 0.3) is 0 Å². The van der Waals surface area contributed by atoms with Gasteiger partial charge in [0.2, 0.25) is 0 Å². The number of phenolic OH excluding ortho intramolecular Hbond substituents is 1. The third kappa shape index (κ3) is 105. The van der Waals surface area contributed by atoms with Crippen LogP contribution < -0.4 is 133 Å². The molecule has 7 aliphatic rings. The van der Waals surface area contributed by atoms with Gasteiger partial charge in [-0.3, -0.25) is 0 Å². The Morgan fingerprint density at radius 3 is 0.862 bits per heavy atom. The Hall–Kier alpha value is 3.08. The standard InChI is InChI=1S/C30H65N5.C17H31N5O.C16H35N5.C13H29N5.C13H27N5.10ClH.5Mn/c1-2-3-4-5-6-7-8-9-10-11-12-13-14-15-16-17-18-19-20-30-29-34-26-25-32-22-21-31-23-24-33-27-28-35-30;23-17-3-1-15(2-4-17)13-16-14-21-10-9-19-6-5-18-7-8-20-11-12-22-16;1-2-4-15(5-3-1)16-14-20-11-10-18-7-6-17-8-9-19-12-13-21-16;1-2-12-10-16-8-6-14-4-5-15-7-9-17-11-13(3-1)18-12;1-2-3-13-12-17-9-8-15-5-4-14-6-7-16-10-11-18-13;;;;;;;;;;;;;;;/h30-35H,2-29H2,1H3;1-4,16,18-23H,5-14H2;15-21H,1-14H2;12-18H,1-11H2;1,13-18H,3-12H2;10*1H;;;;;/q;;;;;;;;;;;;;;;5*+2/p-10/t;16-;;12-,13+;;;;;;;;;;;;;;;;/m.0................../s1. The first-order valence-electron chi connectivity index (χ1n) is 49.6. The maximum absolute atomic E-state index is 9.40. The molecule has 8 rings (SSSR count). The van der Waals surface area contributed by atoms with E-state index < -0.39 is 0 Å². The molecule has 0 aromatic heterocycles. The maximum atomic E-state index is 9.40. The number of piperidine rings is 1. The van der Waals surface area contributed by atoms with Crippen molar-refractivity contribution < 1.29 is 70.8 Å². The van der Waals surface area contributed by atoms with Crippen LogP contribution >= 0.6 is 101 Å². The number of unbranched alkanes of at least 4 members (excludes halogenated alkanes) is 17. The van der Waals surface area contributed by atoms with Crippen LogP contribution in [0.3, 0.4) is 0 Å². The fourth-order valence-electron chi connectivity index (χ4n) is 15.9. The van der Waals surface area contributed by atoms with E-state index >= 15 is 0 Å². The fourth-order valence-corrected chi connectivity index (χ4v) is 15.9. The van der Waals surface area contributed by atoms with Crippen LogP contribution in [-0.2, 0) is 72.1 Å². The van der Waals surface area contributed by atoms with Crippen molar-refractivity contribution in [3.05, 3.63) is 29.8 Å². The Kier molecular flexibility index (Phi) is 124. The average molecular weight is 2250 g/mol. The first kappa shape index (κ1) is 135. The molecule has 779 valence electrons. The number of aromatic hydroxyl groups is 1. The predicted octanol–water partition coefficient (Wildman–Crippen LogP) is 9.00. The Balaban J connectivity index is 0. The molecule has 3 unspecified atom stereocenters. The van der Waals surface area contributed by atoms with Crippen LogP contribution in [0, 0.1) is 18.3 Å². The Morgan fingerprint density at radius 2 is 0.538 bits per heavy atom. The van der Waals surface area contributed by atoms with Crippen LogP contribution in [0.25, 0.3) is 0 Å². The van der Waals surface area contributed by atoms with Gasteiger partial charge in [-0.2, -0.15) is 0 Å². The van der Waals surface area contributed by atoms with Crippen molar-refractivity contribution in [3.8, 4) is 18.1 Å². The number of benzene rings is 1. The topological polar surface area (TPSA) is 321 Å². The molecular weight excluding hydrogens is 2060 g/mol. The predicted molar refractivity (Wildman–Crippen MR) is 553 cm³/mol. The van der Waals surface area contributed by atoms with E-state index in [9.17, 15) is 5.11 Å². The summed E-state index contributed by atoms with van der Waals surface area (Å²) in [6.07, 6.45) is 45.6. The van der Waals surface area contributed by atoms with Crippen LogP contribution in [0.2, 0.25) is 0 Å². The number of hydrogen-bond acceptors (Lipinski definition) is 26. The summed E-state index contributed by atoms with van der Waals surface area (Å²) in [6.45, 7) is 48.0. The van der Waals surface area contributed by atoms with Gasteiger partial charge in [-0.15, -0.1) is 12.3 Å². The molecule has 41 heteroatoms. The van der Waals surface area contributed by atoms with Gasteiger partial charge in [0.15, 0.2) is 0 Å². The molecule has 26 nitrogen and oxygen atoms in total. The zero-order valence-corrected chi connectivity index (χ0v) is 93.1. The number of rotatable bonds is 23. The number of halogens is 10. The summed E-state index contributed by atoms with van der Waals surface area (Å²) in [6, 6.07) is 10.9. The Labute approximate surface area is 867 Å². The van der Waals surface area contributed by atoms with E-state index in [0.717, 1.165) is 307 Å². The second kappa shape index (κ2) is 119. The van der Waals surface area contributed by atoms with Gasteiger partial charge in [0.05, 0.1) is 0 Å². The molecule has 1 aliphatic carbocycles. The quantitative estimate of drug-likeness (QED) is 0.0276. The van der Waals surface area contributed by atoms with E-state index in [0.29, 0.717) is 42.0 Å². The zero-order valence-electron chi connectivity index (χ0n) is 79.7. The molecule has 7 fully saturated rings. The van der Waals surface area contributed by atoms with Crippen molar-refractivity contribution in [2.24, 2.45) is 5.92 Å². The second-order valence-corrected chi connectivity index (χ2v) is 43.2. The molecule has 0 spiro atoms. The van der Waals surface area contributed by atoms with Crippen LogP contribution in [0.4, 0.5) is 0 Å². The van der Waals surface area contributed by atoms with E-state index in [2.05, 4.69) is 146 Å². The summed E-state index contributed by atoms with van der Waals surface area (Å²) >= 11 is 0.0347. The van der Waals surface area contributed by atoms with Gasteiger partial charge in [0.1, 0.15) is 5.75 Å².